The lowest BCUT2D eigenvalue weighted by molar-refractivity contribution is -0.122. The van der Waals surface area contributed by atoms with E-state index < -0.39 is 0 Å². The van der Waals surface area contributed by atoms with Gasteiger partial charge in [0, 0.05) is 12.2 Å². The number of ether oxygens (including phenoxy) is 2. The van der Waals surface area contributed by atoms with Gasteiger partial charge in [-0.05, 0) is 107 Å². The SMILES string of the molecule is CCN1C(=O)/C(=C\c2ccc(OCC(=O)Nc3ccc(F)cc3)c(Br)c2)SC1=Nc1ccc(OC)cc1. The van der Waals surface area contributed by atoms with Gasteiger partial charge in [-0.2, -0.15) is 0 Å². The van der Waals surface area contributed by atoms with Crippen molar-refractivity contribution in [3.05, 3.63) is 87.5 Å². The van der Waals surface area contributed by atoms with Crippen LogP contribution in [0.2, 0.25) is 0 Å². The van der Waals surface area contributed by atoms with Gasteiger partial charge in [0.05, 0.1) is 22.2 Å². The first-order valence-electron chi connectivity index (χ1n) is 11.3. The Hall–Kier alpha value is -3.63. The van der Waals surface area contributed by atoms with Crippen molar-refractivity contribution in [1.29, 1.82) is 0 Å². The second-order valence-corrected chi connectivity index (χ2v) is 9.65. The molecule has 2 amide bonds. The van der Waals surface area contributed by atoms with Crippen LogP contribution in [0.3, 0.4) is 0 Å². The van der Waals surface area contributed by atoms with Gasteiger partial charge in [-0.1, -0.05) is 6.07 Å². The molecule has 0 aromatic heterocycles. The van der Waals surface area contributed by atoms with E-state index >= 15 is 0 Å². The number of benzene rings is 3. The Morgan fingerprint density at radius 3 is 2.51 bits per heavy atom. The molecule has 190 valence electrons. The molecule has 7 nitrogen and oxygen atoms in total. The number of carbonyl (C=O) groups is 2. The van der Waals surface area contributed by atoms with E-state index in [0.717, 1.165) is 17.0 Å². The molecule has 1 N–H and O–H groups in total. The molecule has 37 heavy (non-hydrogen) atoms. The number of rotatable bonds is 8. The van der Waals surface area contributed by atoms with Crippen LogP contribution < -0.4 is 14.8 Å². The number of carbonyl (C=O) groups excluding carboxylic acids is 2. The molecule has 3 aromatic rings. The highest BCUT2D eigenvalue weighted by atomic mass is 79.9. The fraction of sp³-hybridized carbons (Fsp3) is 0.148. The molecule has 1 aliphatic rings. The molecule has 0 spiro atoms. The third-order valence-electron chi connectivity index (χ3n) is 5.24. The van der Waals surface area contributed by atoms with Gasteiger partial charge in [0.1, 0.15) is 17.3 Å². The van der Waals surface area contributed by atoms with Crippen LogP contribution in [0.4, 0.5) is 15.8 Å². The van der Waals surface area contributed by atoms with Crippen molar-refractivity contribution in [2.24, 2.45) is 4.99 Å². The molecule has 3 aromatic carbocycles. The van der Waals surface area contributed by atoms with Gasteiger partial charge in [-0.25, -0.2) is 9.38 Å². The number of hydrogen-bond donors (Lipinski definition) is 1. The molecule has 4 rings (SSSR count). The number of likely N-dealkylation sites (N-methyl/N-ethyl adjacent to an activating group) is 1. The Morgan fingerprint density at radius 2 is 1.86 bits per heavy atom. The maximum atomic E-state index is 13.0. The van der Waals surface area contributed by atoms with Gasteiger partial charge in [0.25, 0.3) is 11.8 Å². The van der Waals surface area contributed by atoms with Gasteiger partial charge >= 0.3 is 0 Å². The lowest BCUT2D eigenvalue weighted by Crippen LogP contribution is -2.28. The topological polar surface area (TPSA) is 80.2 Å². The Bertz CT molecular complexity index is 1360. The quantitative estimate of drug-likeness (QED) is 0.317. The molecule has 1 aliphatic heterocycles. The van der Waals surface area contributed by atoms with Gasteiger partial charge in [-0.3, -0.25) is 14.5 Å². The van der Waals surface area contributed by atoms with Gasteiger partial charge in [0.2, 0.25) is 0 Å². The second kappa shape index (κ2) is 12.1. The number of halogens is 2. The van der Waals surface area contributed by atoms with E-state index in [2.05, 4.69) is 26.2 Å². The average Bonchev–Trinajstić information content (AvgIpc) is 3.18. The first-order valence-corrected chi connectivity index (χ1v) is 12.9. The summed E-state index contributed by atoms with van der Waals surface area (Å²) in [5, 5.41) is 3.25. The van der Waals surface area contributed by atoms with Crippen LogP contribution in [0.1, 0.15) is 12.5 Å². The minimum atomic E-state index is -0.380. The lowest BCUT2D eigenvalue weighted by Gasteiger charge is -2.12. The Labute approximate surface area is 226 Å². The maximum Gasteiger partial charge on any atom is 0.266 e. The van der Waals surface area contributed by atoms with Crippen molar-refractivity contribution in [2.75, 3.05) is 25.6 Å². The molecule has 1 heterocycles. The zero-order chi connectivity index (χ0) is 26.4. The first kappa shape index (κ1) is 26.4. The highest BCUT2D eigenvalue weighted by Gasteiger charge is 2.32. The standard InChI is InChI=1S/C27H23BrFN3O4S/c1-3-32-26(34)24(37-27(32)31-20-9-11-21(35-2)12-10-20)15-17-4-13-23(22(28)14-17)36-16-25(33)30-19-7-5-18(29)6-8-19/h4-15H,3,16H2,1-2H3,(H,30,33)/b24-15+,31-27?. The zero-order valence-electron chi connectivity index (χ0n) is 20.0. The summed E-state index contributed by atoms with van der Waals surface area (Å²) in [5.74, 6) is 0.334. The van der Waals surface area contributed by atoms with E-state index in [-0.39, 0.29) is 24.2 Å². The Morgan fingerprint density at radius 1 is 1.14 bits per heavy atom. The molecule has 0 aliphatic carbocycles. The first-order chi connectivity index (χ1) is 17.9. The van der Waals surface area contributed by atoms with E-state index in [1.54, 1.807) is 30.2 Å². The zero-order valence-corrected chi connectivity index (χ0v) is 22.4. The van der Waals surface area contributed by atoms with E-state index in [9.17, 15) is 14.0 Å². The highest BCUT2D eigenvalue weighted by molar-refractivity contribution is 9.10. The van der Waals surface area contributed by atoms with Crippen molar-refractivity contribution >= 4 is 62.1 Å². The van der Waals surface area contributed by atoms with Crippen molar-refractivity contribution in [3.8, 4) is 11.5 Å². The minimum Gasteiger partial charge on any atom is -0.497 e. The molecule has 1 saturated heterocycles. The Kier molecular flexibility index (Phi) is 8.62. The predicted octanol–water partition coefficient (Wildman–Crippen LogP) is 6.24. The molecule has 0 unspecified atom stereocenters. The fourth-order valence-corrected chi connectivity index (χ4v) is 4.96. The summed E-state index contributed by atoms with van der Waals surface area (Å²) in [6.07, 6.45) is 1.79. The number of hydrogen-bond acceptors (Lipinski definition) is 6. The highest BCUT2D eigenvalue weighted by Crippen LogP contribution is 2.35. The summed E-state index contributed by atoms with van der Waals surface area (Å²) in [5.41, 5.74) is 1.99. The van der Waals surface area contributed by atoms with Crippen LogP contribution in [0, 0.1) is 5.82 Å². The van der Waals surface area contributed by atoms with Gasteiger partial charge < -0.3 is 14.8 Å². The van der Waals surface area contributed by atoms with Gasteiger partial charge in [0.15, 0.2) is 11.8 Å². The number of amides is 2. The predicted molar refractivity (Wildman–Crippen MR) is 148 cm³/mol. The van der Waals surface area contributed by atoms with Crippen molar-refractivity contribution in [1.82, 2.24) is 4.90 Å². The molecule has 1 fully saturated rings. The summed E-state index contributed by atoms with van der Waals surface area (Å²) in [6.45, 7) is 2.18. The molecule has 0 bridgehead atoms. The van der Waals surface area contributed by atoms with E-state index in [1.165, 1.54) is 36.0 Å². The van der Waals surface area contributed by atoms with E-state index in [1.807, 2.05) is 37.3 Å². The summed E-state index contributed by atoms with van der Waals surface area (Å²) >= 11 is 4.78. The van der Waals surface area contributed by atoms with Gasteiger partial charge in [-0.15, -0.1) is 0 Å². The molecule has 0 atom stereocenters. The Balaban J connectivity index is 1.43. The lowest BCUT2D eigenvalue weighted by atomic mass is 10.2. The normalized spacial score (nSPS) is 15.4. The van der Waals surface area contributed by atoms with Crippen LogP contribution in [-0.2, 0) is 9.59 Å². The molecule has 0 radical (unpaired) electrons. The fourth-order valence-electron chi connectivity index (χ4n) is 3.39. The van der Waals surface area contributed by atoms with Crippen molar-refractivity contribution in [3.63, 3.8) is 0 Å². The van der Waals surface area contributed by atoms with Crippen LogP contribution in [0.25, 0.3) is 6.08 Å². The smallest absolute Gasteiger partial charge is 0.266 e. The van der Waals surface area contributed by atoms with Crippen LogP contribution >= 0.6 is 27.7 Å². The molecular formula is C27H23BrFN3O4S. The number of amidine groups is 1. The summed E-state index contributed by atoms with van der Waals surface area (Å²) < 4.78 is 24.4. The number of aliphatic imine (C=N–C) groups is 1. The molecule has 0 saturated carbocycles. The van der Waals surface area contributed by atoms with Crippen molar-refractivity contribution < 1.29 is 23.5 Å². The number of nitrogens with one attached hydrogen (secondary N) is 1. The number of anilines is 1. The third-order valence-corrected chi connectivity index (χ3v) is 6.87. The largest absolute Gasteiger partial charge is 0.497 e. The van der Waals surface area contributed by atoms with E-state index in [0.29, 0.717) is 32.5 Å². The summed E-state index contributed by atoms with van der Waals surface area (Å²) in [6, 6.07) is 18.1. The van der Waals surface area contributed by atoms with Crippen LogP contribution in [0.5, 0.6) is 11.5 Å². The van der Waals surface area contributed by atoms with Crippen molar-refractivity contribution in [2.45, 2.75) is 6.92 Å². The number of methoxy groups -OCH3 is 1. The minimum absolute atomic E-state index is 0.117. The monoisotopic (exact) mass is 583 g/mol. The molecule has 10 heteroatoms. The third kappa shape index (κ3) is 6.78. The van der Waals surface area contributed by atoms with Crippen LogP contribution in [-0.4, -0.2) is 42.1 Å². The number of nitrogens with zero attached hydrogens (tertiary/aromatic N) is 2. The number of thioether (sulfide) groups is 1. The van der Waals surface area contributed by atoms with E-state index in [4.69, 9.17) is 9.47 Å². The average molecular weight is 584 g/mol. The maximum absolute atomic E-state index is 13.0. The summed E-state index contributed by atoms with van der Waals surface area (Å²) in [4.78, 5) is 31.9. The van der Waals surface area contributed by atoms with Crippen LogP contribution in [0.15, 0.2) is 81.1 Å². The second-order valence-electron chi connectivity index (χ2n) is 7.79. The summed E-state index contributed by atoms with van der Waals surface area (Å²) in [7, 11) is 1.60. The molecular weight excluding hydrogens is 561 g/mol.